The highest BCUT2D eigenvalue weighted by atomic mass is 35.5. The van der Waals surface area contributed by atoms with Gasteiger partial charge in [0.15, 0.2) is 0 Å². The molecule has 0 aliphatic rings. The molecule has 0 unspecified atom stereocenters. The van der Waals surface area contributed by atoms with E-state index in [-0.39, 0.29) is 0 Å². The first-order valence-electron chi connectivity index (χ1n) is 4.29. The predicted molar refractivity (Wildman–Crippen MR) is 60.1 cm³/mol. The number of allylic oxidation sites excluding steroid dienone is 2. The van der Waals surface area contributed by atoms with Crippen LogP contribution < -0.4 is 0 Å². The molecule has 0 aromatic heterocycles. The molecule has 0 aliphatic heterocycles. The zero-order valence-corrected chi connectivity index (χ0v) is 8.50. The summed E-state index contributed by atoms with van der Waals surface area (Å²) < 4.78 is 0. The Morgan fingerprint density at radius 1 is 1.36 bits per heavy atom. The topological polar surface area (TPSA) is 17.1 Å². The van der Waals surface area contributed by atoms with Crippen LogP contribution in [-0.4, -0.2) is 6.29 Å². The van der Waals surface area contributed by atoms with Crippen molar-refractivity contribution in [2.24, 2.45) is 0 Å². The van der Waals surface area contributed by atoms with Crippen molar-refractivity contribution in [3.8, 4) is 0 Å². The van der Waals surface area contributed by atoms with Crippen LogP contribution >= 0.6 is 11.6 Å². The van der Waals surface area contributed by atoms with Gasteiger partial charge >= 0.3 is 0 Å². The average molecular weight is 207 g/mol. The Morgan fingerprint density at radius 3 is 2.50 bits per heavy atom. The van der Waals surface area contributed by atoms with E-state index in [0.29, 0.717) is 17.0 Å². The molecule has 1 nitrogen and oxygen atoms in total. The molecular formula is C12H11ClO. The molecule has 1 rings (SSSR count). The summed E-state index contributed by atoms with van der Waals surface area (Å²) in [6.07, 6.45) is 2.93. The largest absolute Gasteiger partial charge is 0.298 e. The van der Waals surface area contributed by atoms with Gasteiger partial charge in [-0.1, -0.05) is 48.0 Å². The highest BCUT2D eigenvalue weighted by Gasteiger charge is 2.03. The van der Waals surface area contributed by atoms with Crippen molar-refractivity contribution >= 4 is 22.9 Å². The Morgan fingerprint density at radius 2 is 2.00 bits per heavy atom. The van der Waals surface area contributed by atoms with Gasteiger partial charge in [-0.05, 0) is 12.0 Å². The number of carbonyl (C=O) groups is 1. The summed E-state index contributed by atoms with van der Waals surface area (Å²) in [6, 6.07) is 9.41. The van der Waals surface area contributed by atoms with Crippen LogP contribution in [-0.2, 0) is 4.79 Å². The van der Waals surface area contributed by atoms with E-state index in [1.54, 1.807) is 6.08 Å². The van der Waals surface area contributed by atoms with Crippen LogP contribution in [0.4, 0.5) is 0 Å². The maximum absolute atomic E-state index is 10.7. The van der Waals surface area contributed by atoms with E-state index in [1.165, 1.54) is 0 Å². The van der Waals surface area contributed by atoms with E-state index in [1.807, 2.05) is 30.3 Å². The Hall–Kier alpha value is -1.34. The fraction of sp³-hybridized carbons (Fsp3) is 0.0833. The average Bonchev–Trinajstić information content (AvgIpc) is 2.26. The van der Waals surface area contributed by atoms with Crippen LogP contribution in [0.3, 0.4) is 0 Å². The molecule has 0 N–H and O–H groups in total. The lowest BCUT2D eigenvalue weighted by molar-refractivity contribution is -0.104. The lowest BCUT2D eigenvalue weighted by Gasteiger charge is -2.02. The Kier molecular flexibility index (Phi) is 4.14. The van der Waals surface area contributed by atoms with Crippen LogP contribution in [0.25, 0.3) is 5.03 Å². The van der Waals surface area contributed by atoms with Crippen molar-refractivity contribution in [3.05, 3.63) is 54.1 Å². The smallest absolute Gasteiger partial charge is 0.147 e. The number of carbonyl (C=O) groups excluding carboxylic acids is 1. The monoisotopic (exact) mass is 206 g/mol. The SMILES string of the molecule is C=CC/C(C=O)=C(/Cl)c1ccccc1. The Bertz CT molecular complexity index is 352. The summed E-state index contributed by atoms with van der Waals surface area (Å²) in [7, 11) is 0. The molecule has 72 valence electrons. The van der Waals surface area contributed by atoms with Gasteiger partial charge in [-0.15, -0.1) is 6.58 Å². The second kappa shape index (κ2) is 5.40. The minimum atomic E-state index is 0.497. The first-order valence-corrected chi connectivity index (χ1v) is 4.67. The first kappa shape index (κ1) is 10.7. The van der Waals surface area contributed by atoms with Gasteiger partial charge < -0.3 is 0 Å². The van der Waals surface area contributed by atoms with Gasteiger partial charge in [0.25, 0.3) is 0 Å². The van der Waals surface area contributed by atoms with Crippen LogP contribution in [0.15, 0.2) is 48.6 Å². The fourth-order valence-electron chi connectivity index (χ4n) is 1.11. The van der Waals surface area contributed by atoms with E-state index < -0.39 is 0 Å². The standard InChI is InChI=1S/C12H11ClO/c1-2-6-11(9-14)12(13)10-7-4-3-5-8-10/h2-5,7-9H,1,6H2/b12-11-. The molecule has 2 heteroatoms. The van der Waals surface area contributed by atoms with Gasteiger partial charge in [0.1, 0.15) is 6.29 Å². The molecule has 0 amide bonds. The summed E-state index contributed by atoms with van der Waals surface area (Å²) in [4.78, 5) is 10.7. The lowest BCUT2D eigenvalue weighted by Crippen LogP contribution is -1.87. The molecule has 0 bridgehead atoms. The van der Waals surface area contributed by atoms with Crippen molar-refractivity contribution < 1.29 is 4.79 Å². The minimum absolute atomic E-state index is 0.497. The number of halogens is 1. The van der Waals surface area contributed by atoms with Crippen molar-refractivity contribution in [2.45, 2.75) is 6.42 Å². The van der Waals surface area contributed by atoms with Gasteiger partial charge in [0.2, 0.25) is 0 Å². The van der Waals surface area contributed by atoms with Crippen molar-refractivity contribution in [3.63, 3.8) is 0 Å². The molecule has 0 radical (unpaired) electrons. The quantitative estimate of drug-likeness (QED) is 0.419. The molecule has 1 aromatic rings. The number of hydrogen-bond acceptors (Lipinski definition) is 1. The van der Waals surface area contributed by atoms with Gasteiger partial charge in [-0.2, -0.15) is 0 Å². The highest BCUT2D eigenvalue weighted by molar-refractivity contribution is 6.50. The zero-order valence-electron chi connectivity index (χ0n) is 7.74. The molecule has 0 aliphatic carbocycles. The second-order valence-corrected chi connectivity index (χ2v) is 3.19. The van der Waals surface area contributed by atoms with Gasteiger partial charge in [-0.3, -0.25) is 4.79 Å². The first-order chi connectivity index (χ1) is 6.79. The van der Waals surface area contributed by atoms with E-state index in [4.69, 9.17) is 11.6 Å². The van der Waals surface area contributed by atoms with Crippen molar-refractivity contribution in [2.75, 3.05) is 0 Å². The fourth-order valence-corrected chi connectivity index (χ4v) is 1.36. The molecule has 14 heavy (non-hydrogen) atoms. The van der Waals surface area contributed by atoms with E-state index in [9.17, 15) is 4.79 Å². The lowest BCUT2D eigenvalue weighted by atomic mass is 10.1. The van der Waals surface area contributed by atoms with Gasteiger partial charge in [0.05, 0.1) is 5.03 Å². The Labute approximate surface area is 88.7 Å². The molecule has 0 spiro atoms. The summed E-state index contributed by atoms with van der Waals surface area (Å²) in [5, 5.41) is 0.500. The maximum atomic E-state index is 10.7. The molecular weight excluding hydrogens is 196 g/mol. The number of benzene rings is 1. The van der Waals surface area contributed by atoms with E-state index >= 15 is 0 Å². The third-order valence-corrected chi connectivity index (χ3v) is 2.28. The van der Waals surface area contributed by atoms with Crippen molar-refractivity contribution in [1.82, 2.24) is 0 Å². The third-order valence-electron chi connectivity index (χ3n) is 1.82. The molecule has 0 saturated heterocycles. The summed E-state index contributed by atoms with van der Waals surface area (Å²) >= 11 is 6.05. The van der Waals surface area contributed by atoms with E-state index in [0.717, 1.165) is 11.8 Å². The van der Waals surface area contributed by atoms with Crippen molar-refractivity contribution in [1.29, 1.82) is 0 Å². The molecule has 0 saturated carbocycles. The molecule has 0 heterocycles. The summed E-state index contributed by atoms with van der Waals surface area (Å²) in [5.41, 5.74) is 1.42. The second-order valence-electron chi connectivity index (χ2n) is 2.82. The third kappa shape index (κ3) is 2.57. The van der Waals surface area contributed by atoms with Crippen LogP contribution in [0.1, 0.15) is 12.0 Å². The number of rotatable bonds is 4. The van der Waals surface area contributed by atoms with Crippen LogP contribution in [0, 0.1) is 0 Å². The van der Waals surface area contributed by atoms with E-state index in [2.05, 4.69) is 6.58 Å². The van der Waals surface area contributed by atoms with Crippen LogP contribution in [0.2, 0.25) is 0 Å². The number of hydrogen-bond donors (Lipinski definition) is 0. The Balaban J connectivity index is 3.07. The normalized spacial score (nSPS) is 11.8. The summed E-state index contributed by atoms with van der Waals surface area (Å²) in [6.45, 7) is 3.57. The van der Waals surface area contributed by atoms with Crippen LogP contribution in [0.5, 0.6) is 0 Å². The maximum Gasteiger partial charge on any atom is 0.147 e. The minimum Gasteiger partial charge on any atom is -0.298 e. The highest BCUT2D eigenvalue weighted by Crippen LogP contribution is 2.23. The predicted octanol–water partition coefficient (Wildman–Crippen LogP) is 3.41. The van der Waals surface area contributed by atoms with Gasteiger partial charge in [0, 0.05) is 5.57 Å². The summed E-state index contributed by atoms with van der Waals surface area (Å²) in [5.74, 6) is 0. The molecule has 0 fully saturated rings. The molecule has 1 aromatic carbocycles. The number of aldehydes is 1. The zero-order chi connectivity index (χ0) is 10.4. The van der Waals surface area contributed by atoms with Gasteiger partial charge in [-0.25, -0.2) is 0 Å². The molecule has 0 atom stereocenters.